The Kier molecular flexibility index (Phi) is 7.02. The summed E-state index contributed by atoms with van der Waals surface area (Å²) in [5.74, 6) is 4.87. The van der Waals surface area contributed by atoms with Gasteiger partial charge < -0.3 is 20.9 Å². The Morgan fingerprint density at radius 2 is 1.10 bits per heavy atom. The lowest BCUT2D eigenvalue weighted by molar-refractivity contribution is 0.296. The van der Waals surface area contributed by atoms with Crippen molar-refractivity contribution in [2.45, 2.75) is 9.79 Å². The van der Waals surface area contributed by atoms with Crippen LogP contribution >= 0.6 is 0 Å². The summed E-state index contributed by atoms with van der Waals surface area (Å²) < 4.78 is 57.3. The normalized spacial score (nSPS) is 11.5. The summed E-state index contributed by atoms with van der Waals surface area (Å²) in [4.78, 5) is -1.11. The maximum atomic E-state index is 12.1. The number of nitrogens with zero attached hydrogens (tertiary/aromatic N) is 2. The van der Waals surface area contributed by atoms with Crippen LogP contribution in [0.15, 0.2) is 46.2 Å². The third-order valence-corrected chi connectivity index (χ3v) is 6.31. The minimum absolute atomic E-state index is 0.181. The first kappa shape index (κ1) is 23.5. The molecule has 30 heavy (non-hydrogen) atoms. The average molecular weight is 458 g/mol. The van der Waals surface area contributed by atoms with Crippen molar-refractivity contribution >= 4 is 31.6 Å². The van der Waals surface area contributed by atoms with Crippen molar-refractivity contribution in [3.8, 4) is 11.8 Å². The summed E-state index contributed by atoms with van der Waals surface area (Å²) in [6.45, 7) is 0. The molecule has 0 saturated carbocycles. The van der Waals surface area contributed by atoms with E-state index >= 15 is 0 Å². The zero-order chi connectivity index (χ0) is 22.7. The van der Waals surface area contributed by atoms with Gasteiger partial charge in [0, 0.05) is 11.1 Å². The van der Waals surface area contributed by atoms with Crippen molar-refractivity contribution in [2.75, 3.05) is 24.7 Å². The van der Waals surface area contributed by atoms with E-state index in [-0.39, 0.29) is 11.1 Å². The Hall–Kier alpha value is -2.74. The fourth-order valence-electron chi connectivity index (χ4n) is 2.19. The van der Waals surface area contributed by atoms with E-state index in [0.717, 1.165) is 50.6 Å². The van der Waals surface area contributed by atoms with Crippen molar-refractivity contribution in [3.63, 3.8) is 0 Å². The first-order valence-corrected chi connectivity index (χ1v) is 10.5. The van der Waals surface area contributed by atoms with E-state index in [0.29, 0.717) is 0 Å². The number of hydrogen-bond acceptors (Lipinski definition) is 12. The van der Waals surface area contributed by atoms with E-state index < -0.39 is 51.9 Å². The zero-order valence-electron chi connectivity index (χ0n) is 15.3. The molecule has 0 amide bonds. The van der Waals surface area contributed by atoms with E-state index in [1.54, 1.807) is 0 Å². The highest BCUT2D eigenvalue weighted by molar-refractivity contribution is 7.87. The van der Waals surface area contributed by atoms with Crippen LogP contribution in [-0.4, -0.2) is 41.5 Å². The van der Waals surface area contributed by atoms with Gasteiger partial charge in [-0.25, -0.2) is 0 Å². The van der Waals surface area contributed by atoms with Gasteiger partial charge in [-0.2, -0.15) is 16.8 Å². The molecule has 12 nitrogen and oxygen atoms in total. The van der Waals surface area contributed by atoms with Gasteiger partial charge in [-0.15, -0.1) is 0 Å². The molecule has 2 aromatic carbocycles. The Bertz CT molecular complexity index is 1120. The molecule has 0 aliphatic carbocycles. The van der Waals surface area contributed by atoms with Gasteiger partial charge >= 0.3 is 0 Å². The highest BCUT2D eigenvalue weighted by atomic mass is 32.2. The van der Waals surface area contributed by atoms with Crippen LogP contribution in [0.5, 0.6) is 0 Å². The molecule has 0 radical (unpaired) electrons. The monoisotopic (exact) mass is 458 g/mol. The molecule has 0 aliphatic heterocycles. The van der Waals surface area contributed by atoms with E-state index in [4.69, 9.17) is 10.4 Å². The molecule has 2 N–H and O–H groups in total. The van der Waals surface area contributed by atoms with Crippen LogP contribution in [0.4, 0.5) is 11.4 Å². The second-order valence-corrected chi connectivity index (χ2v) is 8.76. The summed E-state index contributed by atoms with van der Waals surface area (Å²) >= 11 is 0. The summed E-state index contributed by atoms with van der Waals surface area (Å²) in [6.07, 6.45) is 0. The highest BCUT2D eigenvalue weighted by Crippen LogP contribution is 2.25. The quantitative estimate of drug-likeness (QED) is 0.358. The van der Waals surface area contributed by atoms with E-state index in [9.17, 15) is 27.3 Å². The van der Waals surface area contributed by atoms with Gasteiger partial charge in [-0.05, 0) is 36.4 Å². The van der Waals surface area contributed by atoms with E-state index in [2.05, 4.69) is 20.2 Å². The smallest absolute Gasteiger partial charge is 0.298 e. The maximum absolute atomic E-state index is 12.1. The van der Waals surface area contributed by atoms with Gasteiger partial charge in [0.05, 0.1) is 25.6 Å². The van der Waals surface area contributed by atoms with E-state index in [1.165, 1.54) is 0 Å². The predicted molar refractivity (Wildman–Crippen MR) is 103 cm³/mol. The minimum Gasteiger partial charge on any atom is -0.733 e. The average Bonchev–Trinajstić information content (AvgIpc) is 2.71. The molecule has 0 aromatic heterocycles. The molecule has 162 valence electrons. The van der Waals surface area contributed by atoms with E-state index in [1.807, 2.05) is 0 Å². The predicted octanol–water partition coefficient (Wildman–Crippen LogP) is 1.14. The van der Waals surface area contributed by atoms with Crippen LogP contribution < -0.4 is 10.5 Å². The summed E-state index contributed by atoms with van der Waals surface area (Å²) in [6, 6.07) is 5.97. The van der Waals surface area contributed by atoms with Gasteiger partial charge in [0.25, 0.3) is 20.2 Å². The third-order valence-electron chi connectivity index (χ3n) is 3.68. The molecule has 2 rings (SSSR count). The number of anilines is 2. The van der Waals surface area contributed by atoms with Crippen LogP contribution in [0.1, 0.15) is 11.1 Å². The molecule has 0 unspecified atom stereocenters. The van der Waals surface area contributed by atoms with Crippen LogP contribution in [0.3, 0.4) is 0 Å². The van der Waals surface area contributed by atoms with Gasteiger partial charge in [-0.1, -0.05) is 11.8 Å². The number of hydrogen-bond donors (Lipinski definition) is 2. The van der Waals surface area contributed by atoms with Gasteiger partial charge in [0.15, 0.2) is 0 Å². The molecule has 0 aliphatic rings. The SMILES string of the molecule is COS(=O)(=O)c1cc(N([O-])O)ccc1C#Cc1ccc(N([O-])O)cc1S(=O)(=O)OC. The molecule has 0 saturated heterocycles. The molecule has 0 fully saturated rings. The van der Waals surface area contributed by atoms with Crippen LogP contribution in [0.25, 0.3) is 0 Å². The van der Waals surface area contributed by atoms with Crippen molar-refractivity contribution in [3.05, 3.63) is 57.9 Å². The topological polar surface area (TPSA) is 180 Å². The largest absolute Gasteiger partial charge is 0.733 e. The molecule has 0 atom stereocenters. The molecule has 0 spiro atoms. The van der Waals surface area contributed by atoms with Gasteiger partial charge in [-0.3, -0.25) is 18.8 Å². The van der Waals surface area contributed by atoms with Gasteiger partial charge in [0.2, 0.25) is 0 Å². The molecular formula is C16H14N2O10S2-2. The molecule has 14 heteroatoms. The lowest BCUT2D eigenvalue weighted by atomic mass is 10.1. The Labute approximate surface area is 171 Å². The molecule has 0 bridgehead atoms. The second-order valence-electron chi connectivity index (χ2n) is 5.40. The van der Waals surface area contributed by atoms with Crippen molar-refractivity contribution < 1.29 is 35.6 Å². The summed E-state index contributed by atoms with van der Waals surface area (Å²) in [7, 11) is -6.96. The fourth-order valence-corrected chi connectivity index (χ4v) is 3.86. The Morgan fingerprint density at radius 1 is 0.767 bits per heavy atom. The number of benzene rings is 2. The first-order valence-electron chi connectivity index (χ1n) is 7.66. The fraction of sp³-hybridized carbons (Fsp3) is 0.125. The minimum atomic E-state index is -4.35. The van der Waals surface area contributed by atoms with Crippen molar-refractivity contribution in [1.29, 1.82) is 0 Å². The van der Waals surface area contributed by atoms with Crippen molar-refractivity contribution in [1.82, 2.24) is 0 Å². The maximum Gasteiger partial charge on any atom is 0.298 e. The molecular weight excluding hydrogens is 444 g/mol. The zero-order valence-corrected chi connectivity index (χ0v) is 17.0. The third kappa shape index (κ3) is 5.05. The lowest BCUT2D eigenvalue weighted by Crippen LogP contribution is -2.11. The molecule has 0 heterocycles. The first-order chi connectivity index (χ1) is 13.9. The number of rotatable bonds is 6. The van der Waals surface area contributed by atoms with Crippen LogP contribution in [0, 0.1) is 22.3 Å². The van der Waals surface area contributed by atoms with Crippen molar-refractivity contribution in [2.24, 2.45) is 0 Å². The van der Waals surface area contributed by atoms with Gasteiger partial charge in [0.1, 0.15) is 9.79 Å². The highest BCUT2D eigenvalue weighted by Gasteiger charge is 2.20. The Morgan fingerprint density at radius 3 is 1.37 bits per heavy atom. The Balaban J connectivity index is 2.71. The second kappa shape index (κ2) is 8.95. The summed E-state index contributed by atoms with van der Waals surface area (Å²) in [5.41, 5.74) is -1.19. The standard InChI is InChI=1S/C16H14N2O10S2/c1-27-29(23,24)15-9-13(17(19)20)7-5-11(15)3-4-12-6-8-14(18(21)22)10-16(12)30(25,26)28-2/h5-10,19,21H,1-2H3/q-2. The lowest BCUT2D eigenvalue weighted by Gasteiger charge is -2.22. The summed E-state index contributed by atoms with van der Waals surface area (Å²) in [5, 5.41) is 39.0. The molecule has 2 aromatic rings. The van der Waals surface area contributed by atoms with Crippen LogP contribution in [-0.2, 0) is 28.6 Å². The van der Waals surface area contributed by atoms with Crippen LogP contribution in [0.2, 0.25) is 0 Å².